The Kier molecular flexibility index (Phi) is 4.21. The molecular formula is C13H13N5OS. The van der Waals surface area contributed by atoms with E-state index in [0.29, 0.717) is 17.1 Å². The van der Waals surface area contributed by atoms with Crippen molar-refractivity contribution >= 4 is 40.3 Å². The Morgan fingerprint density at radius 2 is 2.05 bits per heavy atom. The fourth-order valence-electron chi connectivity index (χ4n) is 1.64. The van der Waals surface area contributed by atoms with Crippen LogP contribution >= 0.6 is 12.2 Å². The van der Waals surface area contributed by atoms with E-state index in [-0.39, 0.29) is 10.9 Å². The van der Waals surface area contributed by atoms with Gasteiger partial charge in [0.15, 0.2) is 5.82 Å². The number of rotatable bonds is 4. The second-order valence-electron chi connectivity index (χ2n) is 4.04. The first-order valence-electron chi connectivity index (χ1n) is 5.82. The number of carbonyl (C=O) groups excluding carboxylic acids is 1. The van der Waals surface area contributed by atoms with Gasteiger partial charge in [0, 0.05) is 18.3 Å². The lowest BCUT2D eigenvalue weighted by Crippen LogP contribution is -2.13. The van der Waals surface area contributed by atoms with Crippen molar-refractivity contribution in [1.29, 1.82) is 0 Å². The van der Waals surface area contributed by atoms with E-state index in [1.54, 1.807) is 18.2 Å². The van der Waals surface area contributed by atoms with E-state index in [2.05, 4.69) is 20.8 Å². The first kappa shape index (κ1) is 13.9. The monoisotopic (exact) mass is 287 g/mol. The molecule has 0 saturated carbocycles. The highest BCUT2D eigenvalue weighted by Crippen LogP contribution is 2.20. The van der Waals surface area contributed by atoms with Crippen LogP contribution in [0.2, 0.25) is 0 Å². The highest BCUT2D eigenvalue weighted by Gasteiger charge is 2.07. The molecule has 0 spiro atoms. The largest absolute Gasteiger partial charge is 0.389 e. The number of benzene rings is 1. The van der Waals surface area contributed by atoms with Crippen LogP contribution in [0.4, 0.5) is 17.2 Å². The second-order valence-corrected chi connectivity index (χ2v) is 4.48. The number of nitrogens with two attached hydrogens (primary N) is 1. The van der Waals surface area contributed by atoms with Gasteiger partial charge in [-0.1, -0.05) is 18.3 Å². The summed E-state index contributed by atoms with van der Waals surface area (Å²) in [4.78, 5) is 11.3. The van der Waals surface area contributed by atoms with Crippen molar-refractivity contribution in [2.75, 3.05) is 10.6 Å². The molecule has 0 bridgehead atoms. The Morgan fingerprint density at radius 3 is 2.75 bits per heavy atom. The van der Waals surface area contributed by atoms with Crippen molar-refractivity contribution in [3.8, 4) is 0 Å². The third-order valence-corrected chi connectivity index (χ3v) is 2.65. The zero-order valence-corrected chi connectivity index (χ0v) is 11.6. The van der Waals surface area contributed by atoms with Crippen molar-refractivity contribution in [2.45, 2.75) is 6.92 Å². The third kappa shape index (κ3) is 3.48. The quantitative estimate of drug-likeness (QED) is 0.743. The molecule has 0 unspecified atom stereocenters. The number of amides is 1. The van der Waals surface area contributed by atoms with Gasteiger partial charge in [0.2, 0.25) is 5.91 Å². The Morgan fingerprint density at radius 1 is 1.30 bits per heavy atom. The summed E-state index contributed by atoms with van der Waals surface area (Å²) in [6.07, 6.45) is 1.52. The van der Waals surface area contributed by atoms with Gasteiger partial charge in [-0.25, -0.2) is 0 Å². The van der Waals surface area contributed by atoms with Crippen LogP contribution in [0, 0.1) is 0 Å². The standard InChI is InChI=1S/C13H13N5OS/c1-8(19)16-9-3-2-4-10(7-9)17-13-11(12(14)20)5-6-15-18-13/h2-7H,1H3,(H2,14,20)(H,16,19)(H,17,18). The molecule has 0 aliphatic rings. The molecule has 4 N–H and O–H groups in total. The first-order chi connectivity index (χ1) is 9.56. The molecule has 7 heteroatoms. The van der Waals surface area contributed by atoms with Gasteiger partial charge in [-0.05, 0) is 24.3 Å². The number of hydrogen-bond donors (Lipinski definition) is 3. The van der Waals surface area contributed by atoms with Gasteiger partial charge in [-0.2, -0.15) is 5.10 Å². The maximum Gasteiger partial charge on any atom is 0.221 e. The lowest BCUT2D eigenvalue weighted by molar-refractivity contribution is -0.114. The summed E-state index contributed by atoms with van der Waals surface area (Å²) < 4.78 is 0. The molecule has 0 aliphatic carbocycles. The van der Waals surface area contributed by atoms with Crippen LogP contribution in [0.3, 0.4) is 0 Å². The van der Waals surface area contributed by atoms with Crippen LogP contribution in [-0.4, -0.2) is 21.1 Å². The van der Waals surface area contributed by atoms with Crippen molar-refractivity contribution in [1.82, 2.24) is 10.2 Å². The predicted molar refractivity (Wildman–Crippen MR) is 81.9 cm³/mol. The average Bonchev–Trinajstić information content (AvgIpc) is 2.38. The molecule has 6 nitrogen and oxygen atoms in total. The number of nitrogens with zero attached hydrogens (tertiary/aromatic N) is 2. The normalized spacial score (nSPS) is 9.85. The number of thiocarbonyl (C=S) groups is 1. The molecule has 0 radical (unpaired) electrons. The highest BCUT2D eigenvalue weighted by atomic mass is 32.1. The molecule has 1 aromatic heterocycles. The number of anilines is 3. The van der Waals surface area contributed by atoms with Gasteiger partial charge in [0.25, 0.3) is 0 Å². The highest BCUT2D eigenvalue weighted by molar-refractivity contribution is 7.80. The molecule has 1 amide bonds. The van der Waals surface area contributed by atoms with Crippen molar-refractivity contribution < 1.29 is 4.79 Å². The summed E-state index contributed by atoms with van der Waals surface area (Å²) in [7, 11) is 0. The van der Waals surface area contributed by atoms with Gasteiger partial charge in [-0.3, -0.25) is 4.79 Å². The van der Waals surface area contributed by atoms with Crippen LogP contribution in [0.5, 0.6) is 0 Å². The van der Waals surface area contributed by atoms with Crippen molar-refractivity contribution in [3.63, 3.8) is 0 Å². The summed E-state index contributed by atoms with van der Waals surface area (Å²) in [5.74, 6) is 0.338. The van der Waals surface area contributed by atoms with Gasteiger partial charge >= 0.3 is 0 Å². The molecule has 0 aliphatic heterocycles. The second kappa shape index (κ2) is 6.07. The summed E-state index contributed by atoms with van der Waals surface area (Å²) in [6, 6.07) is 8.90. The maximum absolute atomic E-state index is 11.0. The first-order valence-corrected chi connectivity index (χ1v) is 6.23. The van der Waals surface area contributed by atoms with E-state index in [1.807, 2.05) is 12.1 Å². The van der Waals surface area contributed by atoms with Crippen LogP contribution in [0.1, 0.15) is 12.5 Å². The predicted octanol–water partition coefficient (Wildman–Crippen LogP) is 1.81. The molecule has 1 aromatic carbocycles. The fourth-order valence-corrected chi connectivity index (χ4v) is 1.80. The molecule has 0 atom stereocenters. The Hall–Kier alpha value is -2.54. The van der Waals surface area contributed by atoms with Crippen LogP contribution in [0.15, 0.2) is 36.5 Å². The molecule has 2 aromatic rings. The number of hydrogen-bond acceptors (Lipinski definition) is 5. The van der Waals surface area contributed by atoms with Crippen LogP contribution < -0.4 is 16.4 Å². The fraction of sp³-hybridized carbons (Fsp3) is 0.0769. The smallest absolute Gasteiger partial charge is 0.221 e. The minimum Gasteiger partial charge on any atom is -0.389 e. The van der Waals surface area contributed by atoms with Gasteiger partial charge in [-0.15, -0.1) is 5.10 Å². The third-order valence-electron chi connectivity index (χ3n) is 2.43. The number of carbonyl (C=O) groups is 1. The molecule has 102 valence electrons. The van der Waals surface area contributed by atoms with E-state index in [1.165, 1.54) is 13.1 Å². The summed E-state index contributed by atoms with van der Waals surface area (Å²) >= 11 is 4.96. The molecule has 20 heavy (non-hydrogen) atoms. The zero-order valence-electron chi connectivity index (χ0n) is 10.8. The summed E-state index contributed by atoms with van der Waals surface area (Å²) in [5, 5.41) is 13.5. The number of aromatic nitrogens is 2. The molecular weight excluding hydrogens is 274 g/mol. The minimum atomic E-state index is -0.134. The zero-order chi connectivity index (χ0) is 14.5. The Bertz CT molecular complexity index is 659. The van der Waals surface area contributed by atoms with Crippen molar-refractivity contribution in [3.05, 3.63) is 42.1 Å². The maximum atomic E-state index is 11.0. The van der Waals surface area contributed by atoms with Crippen molar-refractivity contribution in [2.24, 2.45) is 5.73 Å². The molecule has 0 fully saturated rings. The van der Waals surface area contributed by atoms with E-state index in [4.69, 9.17) is 18.0 Å². The molecule has 1 heterocycles. The van der Waals surface area contributed by atoms with Crippen LogP contribution in [-0.2, 0) is 4.79 Å². The summed E-state index contributed by atoms with van der Waals surface area (Å²) in [5.41, 5.74) is 7.67. The van der Waals surface area contributed by atoms with E-state index in [9.17, 15) is 4.79 Å². The van der Waals surface area contributed by atoms with E-state index >= 15 is 0 Å². The summed E-state index contributed by atoms with van der Waals surface area (Å²) in [6.45, 7) is 1.45. The van der Waals surface area contributed by atoms with Gasteiger partial charge in [0.05, 0.1) is 11.8 Å². The van der Waals surface area contributed by atoms with Gasteiger partial charge in [0.1, 0.15) is 4.99 Å². The van der Waals surface area contributed by atoms with E-state index in [0.717, 1.165) is 5.69 Å². The Balaban J connectivity index is 2.26. The minimum absolute atomic E-state index is 0.134. The van der Waals surface area contributed by atoms with Gasteiger partial charge < -0.3 is 16.4 Å². The SMILES string of the molecule is CC(=O)Nc1cccc(Nc2nnccc2C(N)=S)c1. The Labute approximate surface area is 121 Å². The van der Waals surface area contributed by atoms with E-state index < -0.39 is 0 Å². The van der Waals surface area contributed by atoms with Crippen LogP contribution in [0.25, 0.3) is 0 Å². The number of nitrogens with one attached hydrogen (secondary N) is 2. The lowest BCUT2D eigenvalue weighted by Gasteiger charge is -2.10. The molecule has 2 rings (SSSR count). The topological polar surface area (TPSA) is 92.9 Å². The average molecular weight is 287 g/mol. The lowest BCUT2D eigenvalue weighted by atomic mass is 10.2. The molecule has 0 saturated heterocycles.